The standard InChI is InChI=1S/C5H5.Sc/c1-2-4-5-3-1;/h1-5H;/q-1;. The van der Waals surface area contributed by atoms with Crippen LogP contribution in [0.25, 0.3) is 0 Å². The molecule has 0 aliphatic rings. The van der Waals surface area contributed by atoms with Gasteiger partial charge in [-0.15, -0.1) is 0 Å². The Morgan fingerprint density at radius 2 is 1.50 bits per heavy atom. The van der Waals surface area contributed by atoms with Crippen LogP contribution >= 0.6 is 0 Å². The maximum atomic E-state index is 2.00. The van der Waals surface area contributed by atoms with E-state index in [-0.39, 0.29) is 25.8 Å². The predicted octanol–water partition coefficient (Wildman–Crippen LogP) is 1.40. The second-order valence-corrected chi connectivity index (χ2v) is 0.962. The molecule has 1 rings (SSSR count). The van der Waals surface area contributed by atoms with Crippen LogP contribution in [0.4, 0.5) is 0 Å². The first-order chi connectivity index (χ1) is 2.50. The van der Waals surface area contributed by atoms with Crippen LogP contribution in [0.3, 0.4) is 0 Å². The molecular formula is C5H5Sc-. The zero-order valence-electron chi connectivity index (χ0n) is 3.46. The maximum Gasteiger partial charge on any atom is 0 e. The summed E-state index contributed by atoms with van der Waals surface area (Å²) in [6, 6.07) is 10.0. The molecule has 29 valence electrons. The van der Waals surface area contributed by atoms with Crippen LogP contribution in [-0.2, 0) is 25.8 Å². The summed E-state index contributed by atoms with van der Waals surface area (Å²) in [6.07, 6.45) is 0. The average molecular weight is 110 g/mol. The fourth-order valence-electron chi connectivity index (χ4n) is 0.321. The molecule has 1 heteroatoms. The van der Waals surface area contributed by atoms with Gasteiger partial charge >= 0.3 is 0 Å². The first-order valence-corrected chi connectivity index (χ1v) is 1.67. The van der Waals surface area contributed by atoms with Crippen LogP contribution in [0.1, 0.15) is 0 Å². The Balaban J connectivity index is 0.000000250. The third-order valence-electron chi connectivity index (χ3n) is 0.556. The van der Waals surface area contributed by atoms with Gasteiger partial charge in [-0.3, -0.25) is 0 Å². The van der Waals surface area contributed by atoms with Crippen molar-refractivity contribution in [2.24, 2.45) is 0 Å². The summed E-state index contributed by atoms with van der Waals surface area (Å²) in [5.74, 6) is 0. The summed E-state index contributed by atoms with van der Waals surface area (Å²) in [4.78, 5) is 0. The van der Waals surface area contributed by atoms with Gasteiger partial charge in [0.25, 0.3) is 0 Å². The summed E-state index contributed by atoms with van der Waals surface area (Å²) in [5, 5.41) is 0. The number of rotatable bonds is 0. The molecule has 0 aromatic heterocycles. The third-order valence-corrected chi connectivity index (χ3v) is 0.556. The van der Waals surface area contributed by atoms with Gasteiger partial charge in [0.1, 0.15) is 0 Å². The van der Waals surface area contributed by atoms with Crippen molar-refractivity contribution >= 4 is 0 Å². The molecule has 0 atom stereocenters. The van der Waals surface area contributed by atoms with Crippen molar-refractivity contribution in [2.75, 3.05) is 0 Å². The van der Waals surface area contributed by atoms with Crippen LogP contribution in [0.5, 0.6) is 0 Å². The molecular weight excluding hydrogens is 105 g/mol. The topological polar surface area (TPSA) is 0 Å². The molecule has 0 fully saturated rings. The van der Waals surface area contributed by atoms with E-state index in [0.29, 0.717) is 0 Å². The van der Waals surface area contributed by atoms with E-state index in [4.69, 9.17) is 0 Å². The molecule has 0 heterocycles. The van der Waals surface area contributed by atoms with Crippen molar-refractivity contribution in [1.29, 1.82) is 0 Å². The van der Waals surface area contributed by atoms with Crippen molar-refractivity contribution in [3.63, 3.8) is 0 Å². The molecule has 6 heavy (non-hydrogen) atoms. The quantitative estimate of drug-likeness (QED) is 0.443. The second kappa shape index (κ2) is 3.41. The van der Waals surface area contributed by atoms with Crippen molar-refractivity contribution in [3.05, 3.63) is 30.3 Å². The average Bonchev–Trinajstić information content (AvgIpc) is 1.76. The van der Waals surface area contributed by atoms with Gasteiger partial charge in [-0.1, -0.05) is 0 Å². The Labute approximate surface area is 56.3 Å². The first-order valence-electron chi connectivity index (χ1n) is 1.67. The van der Waals surface area contributed by atoms with Crippen molar-refractivity contribution in [1.82, 2.24) is 0 Å². The fourth-order valence-corrected chi connectivity index (χ4v) is 0.321. The third kappa shape index (κ3) is 1.61. The number of hydrogen-bond donors (Lipinski definition) is 0. The molecule has 0 nitrogen and oxygen atoms in total. The molecule has 1 aromatic carbocycles. The summed E-state index contributed by atoms with van der Waals surface area (Å²) >= 11 is 0. The summed E-state index contributed by atoms with van der Waals surface area (Å²) in [7, 11) is 0. The van der Waals surface area contributed by atoms with Crippen molar-refractivity contribution in [3.8, 4) is 0 Å². The molecule has 0 aliphatic heterocycles. The van der Waals surface area contributed by atoms with Crippen molar-refractivity contribution < 1.29 is 25.8 Å². The summed E-state index contributed by atoms with van der Waals surface area (Å²) in [6.45, 7) is 0. The van der Waals surface area contributed by atoms with Crippen LogP contribution in [-0.4, -0.2) is 0 Å². The second-order valence-electron chi connectivity index (χ2n) is 0.962. The van der Waals surface area contributed by atoms with Gasteiger partial charge < -0.3 is 0 Å². The Hall–Kier alpha value is 0.220. The van der Waals surface area contributed by atoms with Crippen LogP contribution in [0.15, 0.2) is 30.3 Å². The normalized spacial score (nSPS) is 6.67. The smallest absolute Gasteiger partial charge is 0 e. The Morgan fingerprint density at radius 3 is 1.67 bits per heavy atom. The van der Waals surface area contributed by atoms with E-state index in [2.05, 4.69) is 0 Å². The van der Waals surface area contributed by atoms with Gasteiger partial charge in [-0.05, 0) is 0 Å². The molecule has 0 unspecified atom stereocenters. The molecule has 0 spiro atoms. The van der Waals surface area contributed by atoms with Crippen LogP contribution in [0.2, 0.25) is 0 Å². The Morgan fingerprint density at radius 1 is 1.00 bits per heavy atom. The predicted molar refractivity (Wildman–Crippen MR) is 22.0 cm³/mol. The molecule has 0 aliphatic carbocycles. The van der Waals surface area contributed by atoms with Gasteiger partial charge in [0.05, 0.1) is 0 Å². The van der Waals surface area contributed by atoms with Gasteiger partial charge in [-0.2, -0.15) is 18.2 Å². The van der Waals surface area contributed by atoms with E-state index >= 15 is 0 Å². The van der Waals surface area contributed by atoms with E-state index in [0.717, 1.165) is 0 Å². The fraction of sp³-hybridized carbons (Fsp3) is 0. The monoisotopic (exact) mass is 110 g/mol. The summed E-state index contributed by atoms with van der Waals surface area (Å²) < 4.78 is 0. The molecule has 0 saturated carbocycles. The minimum Gasteiger partial charge on any atom is -0.214 e. The molecule has 1 radical (unpaired) electrons. The molecule has 0 saturated heterocycles. The van der Waals surface area contributed by atoms with E-state index < -0.39 is 0 Å². The van der Waals surface area contributed by atoms with Crippen molar-refractivity contribution in [2.45, 2.75) is 0 Å². The van der Waals surface area contributed by atoms with E-state index in [1.807, 2.05) is 30.3 Å². The minimum absolute atomic E-state index is 0. The van der Waals surface area contributed by atoms with Crippen LogP contribution in [0, 0.1) is 0 Å². The Kier molecular flexibility index (Phi) is 3.54. The Bertz CT molecular complexity index is 60.4. The van der Waals surface area contributed by atoms with Gasteiger partial charge in [0.2, 0.25) is 0 Å². The zero-order valence-corrected chi connectivity index (χ0v) is 5.27. The van der Waals surface area contributed by atoms with Gasteiger partial charge in [0.15, 0.2) is 0 Å². The molecule has 0 N–H and O–H groups in total. The zero-order chi connectivity index (χ0) is 3.54. The first kappa shape index (κ1) is 6.22. The largest absolute Gasteiger partial charge is 0.214 e. The van der Waals surface area contributed by atoms with E-state index in [1.165, 1.54) is 0 Å². The minimum atomic E-state index is 0. The number of hydrogen-bond acceptors (Lipinski definition) is 0. The molecule has 0 amide bonds. The molecule has 1 aromatic rings. The molecule has 0 bridgehead atoms. The van der Waals surface area contributed by atoms with Gasteiger partial charge in [0, 0.05) is 25.8 Å². The SMILES string of the molecule is [Sc].c1cc[cH-]c1. The maximum absolute atomic E-state index is 2.00. The summed E-state index contributed by atoms with van der Waals surface area (Å²) in [5.41, 5.74) is 0. The van der Waals surface area contributed by atoms with Gasteiger partial charge in [-0.25, -0.2) is 12.1 Å². The van der Waals surface area contributed by atoms with E-state index in [9.17, 15) is 0 Å². The van der Waals surface area contributed by atoms with Crippen LogP contribution < -0.4 is 0 Å². The van der Waals surface area contributed by atoms with E-state index in [1.54, 1.807) is 0 Å².